The van der Waals surface area contributed by atoms with E-state index in [1.54, 1.807) is 6.92 Å². The Hall–Kier alpha value is -2.35. The number of amides is 3. The van der Waals surface area contributed by atoms with E-state index in [0.717, 1.165) is 47.9 Å². The third kappa shape index (κ3) is 4.88. The van der Waals surface area contributed by atoms with Gasteiger partial charge in [0, 0.05) is 18.7 Å². The summed E-state index contributed by atoms with van der Waals surface area (Å²) in [5.74, 6) is 0.628. The van der Waals surface area contributed by atoms with Crippen molar-refractivity contribution in [3.8, 4) is 0 Å². The van der Waals surface area contributed by atoms with E-state index in [1.165, 1.54) is 18.2 Å². The van der Waals surface area contributed by atoms with Gasteiger partial charge in [-0.15, -0.1) is 10.2 Å². The quantitative estimate of drug-likeness (QED) is 0.785. The predicted molar refractivity (Wildman–Crippen MR) is 106 cm³/mol. The van der Waals surface area contributed by atoms with Crippen LogP contribution in [0.25, 0.3) is 0 Å². The molecule has 3 rings (SSSR count). The van der Waals surface area contributed by atoms with Gasteiger partial charge < -0.3 is 9.88 Å². The van der Waals surface area contributed by atoms with Crippen LogP contribution in [0.5, 0.6) is 0 Å². The topological polar surface area (TPSA) is 88.9 Å². The fourth-order valence-corrected chi connectivity index (χ4v) is 3.97. The first-order valence-corrected chi connectivity index (χ1v) is 10.1. The molecule has 0 aliphatic carbocycles. The number of nitrogens with one attached hydrogen (secondary N) is 2. The Balaban J connectivity index is 1.57. The van der Waals surface area contributed by atoms with Crippen LogP contribution in [0.1, 0.15) is 43.1 Å². The van der Waals surface area contributed by atoms with Crippen LogP contribution in [0.3, 0.4) is 0 Å². The van der Waals surface area contributed by atoms with E-state index in [4.69, 9.17) is 0 Å². The molecular weight excluding hydrogens is 362 g/mol. The van der Waals surface area contributed by atoms with Crippen molar-refractivity contribution in [2.45, 2.75) is 63.4 Å². The number of nitrogens with zero attached hydrogens (tertiary/aromatic N) is 3. The Morgan fingerprint density at radius 1 is 1.19 bits per heavy atom. The molecule has 1 aromatic heterocycles. The summed E-state index contributed by atoms with van der Waals surface area (Å²) in [6, 6.07) is 5.20. The summed E-state index contributed by atoms with van der Waals surface area (Å²) in [5, 5.41) is 13.9. The molecule has 2 heterocycles. The number of rotatable bonds is 4. The van der Waals surface area contributed by atoms with Crippen molar-refractivity contribution in [2.75, 3.05) is 5.32 Å². The number of imide groups is 1. The number of urea groups is 1. The highest BCUT2D eigenvalue weighted by Crippen LogP contribution is 2.25. The summed E-state index contributed by atoms with van der Waals surface area (Å²) in [6.45, 7) is 6.55. The highest BCUT2D eigenvalue weighted by molar-refractivity contribution is 8.00. The Morgan fingerprint density at radius 3 is 2.78 bits per heavy atom. The van der Waals surface area contributed by atoms with Crippen molar-refractivity contribution in [3.05, 3.63) is 35.2 Å². The number of anilines is 1. The van der Waals surface area contributed by atoms with Gasteiger partial charge in [-0.1, -0.05) is 35.9 Å². The van der Waals surface area contributed by atoms with E-state index in [9.17, 15) is 9.59 Å². The Morgan fingerprint density at radius 2 is 2.00 bits per heavy atom. The maximum absolute atomic E-state index is 12.4. The number of fused-ring (bicyclic) bond motifs is 1. The summed E-state index contributed by atoms with van der Waals surface area (Å²) >= 11 is 1.33. The van der Waals surface area contributed by atoms with Crippen molar-refractivity contribution in [2.24, 2.45) is 0 Å². The van der Waals surface area contributed by atoms with E-state index >= 15 is 0 Å². The van der Waals surface area contributed by atoms with Crippen LogP contribution in [-0.4, -0.2) is 32.0 Å². The van der Waals surface area contributed by atoms with Crippen molar-refractivity contribution in [3.63, 3.8) is 0 Å². The fourth-order valence-electron chi connectivity index (χ4n) is 3.08. The zero-order valence-corrected chi connectivity index (χ0v) is 16.7. The number of carbonyl (C=O) groups excluding carboxylic acids is 2. The first-order chi connectivity index (χ1) is 12.9. The average Bonchev–Trinajstić information content (AvgIpc) is 2.84. The first kappa shape index (κ1) is 19.4. The van der Waals surface area contributed by atoms with E-state index in [-0.39, 0.29) is 5.91 Å². The predicted octanol–water partition coefficient (Wildman–Crippen LogP) is 3.45. The number of hydrogen-bond acceptors (Lipinski definition) is 5. The summed E-state index contributed by atoms with van der Waals surface area (Å²) in [6.07, 6.45) is 4.32. The van der Waals surface area contributed by atoms with Crippen LogP contribution >= 0.6 is 11.8 Å². The third-order valence-electron chi connectivity index (χ3n) is 4.59. The third-order valence-corrected chi connectivity index (χ3v) is 5.67. The van der Waals surface area contributed by atoms with Crippen molar-refractivity contribution >= 4 is 29.4 Å². The molecule has 1 atom stereocenters. The van der Waals surface area contributed by atoms with Gasteiger partial charge in [-0.05, 0) is 45.2 Å². The minimum Gasteiger partial charge on any atom is -0.307 e. The summed E-state index contributed by atoms with van der Waals surface area (Å²) in [5.41, 5.74) is 2.76. The van der Waals surface area contributed by atoms with E-state index < -0.39 is 11.3 Å². The fraction of sp³-hybridized carbons (Fsp3) is 0.474. The molecule has 0 radical (unpaired) electrons. The molecule has 8 heteroatoms. The normalized spacial score (nSPS) is 14.8. The number of carbonyl (C=O) groups is 2. The molecule has 0 saturated heterocycles. The maximum atomic E-state index is 12.4. The van der Waals surface area contributed by atoms with Crippen LogP contribution in [0.15, 0.2) is 23.4 Å². The van der Waals surface area contributed by atoms with Crippen molar-refractivity contribution in [1.29, 1.82) is 0 Å². The second kappa shape index (κ2) is 8.56. The second-order valence-corrected chi connectivity index (χ2v) is 8.19. The van der Waals surface area contributed by atoms with Gasteiger partial charge in [-0.3, -0.25) is 10.1 Å². The highest BCUT2D eigenvalue weighted by Gasteiger charge is 2.22. The van der Waals surface area contributed by atoms with Gasteiger partial charge in [0.15, 0.2) is 5.16 Å². The van der Waals surface area contributed by atoms with Gasteiger partial charge in [-0.25, -0.2) is 4.79 Å². The molecule has 3 amide bonds. The lowest BCUT2D eigenvalue weighted by Gasteiger charge is -2.13. The van der Waals surface area contributed by atoms with Crippen molar-refractivity contribution < 1.29 is 9.59 Å². The zero-order valence-electron chi connectivity index (χ0n) is 15.9. The number of hydrogen-bond donors (Lipinski definition) is 2. The SMILES string of the molecule is Cc1ccc(NC(=O)NC(=O)C(C)Sc2nnc3n2CCCCC3)c(C)c1. The molecule has 2 aromatic rings. The van der Waals surface area contributed by atoms with Gasteiger partial charge in [0.25, 0.3) is 0 Å². The Kier molecular flexibility index (Phi) is 6.15. The Bertz CT molecular complexity index is 849. The number of benzene rings is 1. The lowest BCUT2D eigenvalue weighted by atomic mass is 10.1. The standard InChI is InChI=1S/C19H25N5O2S/c1-12-8-9-15(13(2)11-12)20-18(26)21-17(25)14(3)27-19-23-22-16-7-5-4-6-10-24(16)19/h8-9,11,14H,4-7,10H2,1-3H3,(H2,20,21,25,26). The number of aryl methyl sites for hydroxylation is 3. The molecule has 0 bridgehead atoms. The molecule has 1 unspecified atom stereocenters. The van der Waals surface area contributed by atoms with Gasteiger partial charge in [0.2, 0.25) is 5.91 Å². The van der Waals surface area contributed by atoms with Gasteiger partial charge in [0.1, 0.15) is 5.82 Å². The van der Waals surface area contributed by atoms with Gasteiger partial charge in [-0.2, -0.15) is 0 Å². The maximum Gasteiger partial charge on any atom is 0.325 e. The molecule has 0 spiro atoms. The van der Waals surface area contributed by atoms with E-state index in [2.05, 4.69) is 25.4 Å². The lowest BCUT2D eigenvalue weighted by Crippen LogP contribution is -2.39. The van der Waals surface area contributed by atoms with Crippen LogP contribution < -0.4 is 10.6 Å². The highest BCUT2D eigenvalue weighted by atomic mass is 32.2. The Labute approximate surface area is 163 Å². The largest absolute Gasteiger partial charge is 0.325 e. The minimum absolute atomic E-state index is 0.353. The van der Waals surface area contributed by atoms with Crippen LogP contribution in [0.4, 0.5) is 10.5 Å². The molecule has 0 saturated carbocycles. The molecule has 2 N–H and O–H groups in total. The van der Waals surface area contributed by atoms with Crippen LogP contribution in [0.2, 0.25) is 0 Å². The summed E-state index contributed by atoms with van der Waals surface area (Å²) in [4.78, 5) is 24.6. The molecule has 1 aliphatic rings. The smallest absolute Gasteiger partial charge is 0.307 e. The average molecular weight is 388 g/mol. The van der Waals surface area contributed by atoms with Crippen LogP contribution in [-0.2, 0) is 17.8 Å². The second-order valence-electron chi connectivity index (χ2n) is 6.88. The van der Waals surface area contributed by atoms with Crippen molar-refractivity contribution in [1.82, 2.24) is 20.1 Å². The summed E-state index contributed by atoms with van der Waals surface area (Å²) < 4.78 is 2.09. The molecule has 1 aliphatic heterocycles. The molecule has 27 heavy (non-hydrogen) atoms. The van der Waals surface area contributed by atoms with E-state index in [0.29, 0.717) is 5.69 Å². The zero-order chi connectivity index (χ0) is 19.4. The van der Waals surface area contributed by atoms with E-state index in [1.807, 2.05) is 32.0 Å². The monoisotopic (exact) mass is 387 g/mol. The van der Waals surface area contributed by atoms with Gasteiger partial charge >= 0.3 is 6.03 Å². The van der Waals surface area contributed by atoms with Gasteiger partial charge in [0.05, 0.1) is 5.25 Å². The molecule has 0 fully saturated rings. The summed E-state index contributed by atoms with van der Waals surface area (Å²) in [7, 11) is 0. The van der Waals surface area contributed by atoms with Crippen LogP contribution in [0, 0.1) is 13.8 Å². The number of aromatic nitrogens is 3. The first-order valence-electron chi connectivity index (χ1n) is 9.22. The molecular formula is C19H25N5O2S. The molecule has 144 valence electrons. The molecule has 1 aromatic carbocycles. The molecule has 7 nitrogen and oxygen atoms in total. The number of thioether (sulfide) groups is 1. The lowest BCUT2D eigenvalue weighted by molar-refractivity contribution is -0.119. The minimum atomic E-state index is -0.528.